The molecule has 5 nitrogen and oxygen atoms in total. The van der Waals surface area contributed by atoms with Crippen molar-refractivity contribution in [2.24, 2.45) is 5.10 Å². The van der Waals surface area contributed by atoms with Gasteiger partial charge < -0.3 is 9.73 Å². The quantitative estimate of drug-likeness (QED) is 0.467. The van der Waals surface area contributed by atoms with Crippen molar-refractivity contribution in [1.29, 1.82) is 0 Å². The molecule has 0 unspecified atom stereocenters. The molecule has 0 spiro atoms. The molecule has 0 saturated carbocycles. The van der Waals surface area contributed by atoms with Gasteiger partial charge in [-0.25, -0.2) is 0 Å². The van der Waals surface area contributed by atoms with E-state index in [9.17, 15) is 18.0 Å². The molecule has 1 amide bonds. The number of halogens is 3. The monoisotopic (exact) mass is 455 g/mol. The van der Waals surface area contributed by atoms with Gasteiger partial charge >= 0.3 is 6.18 Å². The number of carbonyl (C=O) groups excluding carboxylic acids is 1. The van der Waals surface area contributed by atoms with Crippen molar-refractivity contribution in [3.63, 3.8) is 0 Å². The average molecular weight is 455 g/mol. The van der Waals surface area contributed by atoms with Crippen molar-refractivity contribution in [3.05, 3.63) is 88.4 Å². The van der Waals surface area contributed by atoms with E-state index in [0.29, 0.717) is 42.8 Å². The summed E-state index contributed by atoms with van der Waals surface area (Å²) < 4.78 is 44.8. The fourth-order valence-electron chi connectivity index (χ4n) is 3.94. The summed E-state index contributed by atoms with van der Waals surface area (Å²) in [6, 6.07) is 14.7. The Morgan fingerprint density at radius 1 is 1.09 bits per heavy atom. The summed E-state index contributed by atoms with van der Waals surface area (Å²) in [6.07, 6.45) is -1.63. The Morgan fingerprint density at radius 2 is 1.88 bits per heavy atom. The third-order valence-electron chi connectivity index (χ3n) is 5.58. The van der Waals surface area contributed by atoms with Crippen molar-refractivity contribution < 1.29 is 22.4 Å². The second kappa shape index (κ2) is 9.52. The number of nitrogens with zero attached hydrogens (tertiary/aromatic N) is 1. The van der Waals surface area contributed by atoms with E-state index >= 15 is 0 Å². The summed E-state index contributed by atoms with van der Waals surface area (Å²) in [4.78, 5) is 12.7. The number of benzene rings is 2. The minimum absolute atomic E-state index is 0.240. The van der Waals surface area contributed by atoms with E-state index in [1.54, 1.807) is 6.92 Å². The molecule has 0 atom stereocenters. The first kappa shape index (κ1) is 22.6. The van der Waals surface area contributed by atoms with Crippen molar-refractivity contribution in [1.82, 2.24) is 5.32 Å². The summed E-state index contributed by atoms with van der Waals surface area (Å²) >= 11 is 0. The van der Waals surface area contributed by atoms with Gasteiger partial charge in [-0.2, -0.15) is 18.3 Å². The zero-order valence-corrected chi connectivity index (χ0v) is 18.1. The standard InChI is InChI=1S/C25H24F3N3O2/c1-16-22-20(31-30-19-10-5-9-18(15-19)25(26,27)28)11-6-12-21(22)33-23(16)24(32)29-14-13-17-7-3-2-4-8-17/h2-5,7-10,15,30H,6,11-14H2,1H3,(H,29,32)/b31-20+. The lowest BCUT2D eigenvalue weighted by molar-refractivity contribution is -0.137. The van der Waals surface area contributed by atoms with Crippen LogP contribution >= 0.6 is 0 Å². The fourth-order valence-corrected chi connectivity index (χ4v) is 3.94. The van der Waals surface area contributed by atoms with Crippen LogP contribution in [0.15, 0.2) is 64.1 Å². The molecule has 1 aromatic heterocycles. The first-order valence-corrected chi connectivity index (χ1v) is 10.8. The number of anilines is 1. The highest BCUT2D eigenvalue weighted by molar-refractivity contribution is 6.06. The smallest absolute Gasteiger partial charge is 0.416 e. The minimum atomic E-state index is -4.42. The van der Waals surface area contributed by atoms with Crippen LogP contribution in [0.4, 0.5) is 18.9 Å². The number of hydrazone groups is 1. The van der Waals surface area contributed by atoms with Crippen LogP contribution in [0.25, 0.3) is 0 Å². The number of hydrogen-bond donors (Lipinski definition) is 2. The Labute approximate surface area is 189 Å². The van der Waals surface area contributed by atoms with Gasteiger partial charge in [-0.3, -0.25) is 10.2 Å². The Balaban J connectivity index is 1.48. The molecule has 1 aliphatic carbocycles. The van der Waals surface area contributed by atoms with Gasteiger partial charge in [-0.1, -0.05) is 36.4 Å². The lowest BCUT2D eigenvalue weighted by Gasteiger charge is -2.14. The number of alkyl halides is 3. The van der Waals surface area contributed by atoms with E-state index < -0.39 is 11.7 Å². The molecule has 0 saturated heterocycles. The highest BCUT2D eigenvalue weighted by atomic mass is 19.4. The van der Waals surface area contributed by atoms with Gasteiger partial charge in [-0.15, -0.1) is 0 Å². The Hall–Kier alpha value is -3.55. The zero-order valence-electron chi connectivity index (χ0n) is 18.1. The molecule has 172 valence electrons. The van der Waals surface area contributed by atoms with E-state index in [4.69, 9.17) is 4.42 Å². The number of aryl methyl sites for hydroxylation is 1. The maximum absolute atomic E-state index is 13.0. The van der Waals surface area contributed by atoms with E-state index in [0.717, 1.165) is 29.7 Å². The van der Waals surface area contributed by atoms with Crippen LogP contribution in [-0.2, 0) is 19.0 Å². The van der Waals surface area contributed by atoms with E-state index in [1.165, 1.54) is 12.1 Å². The Morgan fingerprint density at radius 3 is 2.64 bits per heavy atom. The molecule has 0 bridgehead atoms. The second-order valence-corrected chi connectivity index (χ2v) is 7.95. The topological polar surface area (TPSA) is 66.6 Å². The van der Waals surface area contributed by atoms with Gasteiger partial charge in [0.05, 0.1) is 17.0 Å². The zero-order chi connectivity index (χ0) is 23.4. The highest BCUT2D eigenvalue weighted by Gasteiger charge is 2.31. The number of hydrogen-bond acceptors (Lipinski definition) is 4. The Bertz CT molecular complexity index is 1170. The summed E-state index contributed by atoms with van der Waals surface area (Å²) in [7, 11) is 0. The van der Waals surface area contributed by atoms with Crippen molar-refractivity contribution in [3.8, 4) is 0 Å². The number of rotatable bonds is 6. The Kier molecular flexibility index (Phi) is 6.53. The first-order valence-electron chi connectivity index (χ1n) is 10.8. The van der Waals surface area contributed by atoms with Crippen LogP contribution in [-0.4, -0.2) is 18.2 Å². The lowest BCUT2D eigenvalue weighted by Crippen LogP contribution is -2.26. The lowest BCUT2D eigenvalue weighted by atomic mass is 9.93. The highest BCUT2D eigenvalue weighted by Crippen LogP contribution is 2.32. The largest absolute Gasteiger partial charge is 0.455 e. The third-order valence-corrected chi connectivity index (χ3v) is 5.58. The number of furan rings is 1. The van der Waals surface area contributed by atoms with Gasteiger partial charge in [0.15, 0.2) is 5.76 Å². The summed E-state index contributed by atoms with van der Waals surface area (Å²) in [5.74, 6) is 0.640. The normalized spacial score (nSPS) is 14.7. The van der Waals surface area contributed by atoms with Gasteiger partial charge in [0, 0.05) is 24.1 Å². The summed E-state index contributed by atoms with van der Waals surface area (Å²) in [6.45, 7) is 2.28. The molecule has 0 radical (unpaired) electrons. The molecular weight excluding hydrogens is 431 g/mol. The van der Waals surface area contributed by atoms with Gasteiger partial charge in [0.1, 0.15) is 5.76 Å². The van der Waals surface area contributed by atoms with Crippen molar-refractivity contribution >= 4 is 17.3 Å². The van der Waals surface area contributed by atoms with Crippen molar-refractivity contribution in [2.45, 2.75) is 38.8 Å². The molecule has 33 heavy (non-hydrogen) atoms. The second-order valence-electron chi connectivity index (χ2n) is 7.95. The van der Waals surface area contributed by atoms with Crippen LogP contribution in [0.1, 0.15) is 51.4 Å². The molecule has 1 heterocycles. The van der Waals surface area contributed by atoms with Gasteiger partial charge in [-0.05, 0) is 49.9 Å². The van der Waals surface area contributed by atoms with Crippen LogP contribution < -0.4 is 10.7 Å². The maximum atomic E-state index is 13.0. The summed E-state index contributed by atoms with van der Waals surface area (Å²) in [5, 5.41) is 7.26. The SMILES string of the molecule is Cc1c(C(=O)NCCc2ccccc2)oc2c1/C(=N/Nc1cccc(C(F)(F)F)c1)CCC2. The van der Waals surface area contributed by atoms with Crippen molar-refractivity contribution in [2.75, 3.05) is 12.0 Å². The summed E-state index contributed by atoms with van der Waals surface area (Å²) in [5.41, 5.74) is 5.47. The van der Waals surface area contributed by atoms with Crippen LogP contribution in [0.2, 0.25) is 0 Å². The van der Waals surface area contributed by atoms with E-state index in [1.807, 2.05) is 30.3 Å². The molecular formula is C25H24F3N3O2. The molecule has 8 heteroatoms. The predicted molar refractivity (Wildman–Crippen MR) is 120 cm³/mol. The van der Waals surface area contributed by atoms with Crippen LogP contribution in [0.5, 0.6) is 0 Å². The van der Waals surface area contributed by atoms with Crippen LogP contribution in [0, 0.1) is 6.92 Å². The molecule has 4 rings (SSSR count). The molecule has 0 aliphatic heterocycles. The third kappa shape index (κ3) is 5.27. The number of nitrogens with one attached hydrogen (secondary N) is 2. The van der Waals surface area contributed by atoms with Gasteiger partial charge in [0.25, 0.3) is 5.91 Å². The molecule has 2 aromatic carbocycles. The van der Waals surface area contributed by atoms with E-state index in [-0.39, 0.29) is 17.4 Å². The molecule has 3 aromatic rings. The molecule has 2 N–H and O–H groups in total. The number of amides is 1. The fraction of sp³-hybridized carbons (Fsp3) is 0.280. The number of carbonyl (C=O) groups is 1. The minimum Gasteiger partial charge on any atom is -0.455 e. The molecule has 1 aliphatic rings. The maximum Gasteiger partial charge on any atom is 0.416 e. The molecule has 0 fully saturated rings. The van der Waals surface area contributed by atoms with Gasteiger partial charge in [0.2, 0.25) is 0 Å². The predicted octanol–water partition coefficient (Wildman–Crippen LogP) is 5.73. The van der Waals surface area contributed by atoms with E-state index in [2.05, 4.69) is 15.8 Å². The average Bonchev–Trinajstić information content (AvgIpc) is 3.15. The number of fused-ring (bicyclic) bond motifs is 1. The van der Waals surface area contributed by atoms with Crippen LogP contribution in [0.3, 0.4) is 0 Å². The first-order chi connectivity index (χ1) is 15.8.